The molecule has 7 heteroatoms. The molecule has 2 rings (SSSR count). The van der Waals surface area contributed by atoms with E-state index in [0.717, 1.165) is 26.5 Å². The van der Waals surface area contributed by atoms with Crippen molar-refractivity contribution in [3.8, 4) is 0 Å². The van der Waals surface area contributed by atoms with Crippen molar-refractivity contribution in [1.29, 1.82) is 0 Å². The third-order valence-electron chi connectivity index (χ3n) is 3.02. The van der Waals surface area contributed by atoms with Crippen LogP contribution in [0.4, 0.5) is 0 Å². The summed E-state index contributed by atoms with van der Waals surface area (Å²) < 4.78 is 1.04. The Morgan fingerprint density at radius 1 is 1.27 bits per heavy atom. The van der Waals surface area contributed by atoms with E-state index in [2.05, 4.69) is 30.7 Å². The molecule has 2 aromatic rings. The Labute approximate surface area is 144 Å². The van der Waals surface area contributed by atoms with Crippen molar-refractivity contribution in [2.45, 2.75) is 44.0 Å². The minimum atomic E-state index is 0.0810. The lowest BCUT2D eigenvalue weighted by atomic mass is 10.2. The first-order valence-corrected chi connectivity index (χ1v) is 9.99. The second-order valence-corrected chi connectivity index (χ2v) is 8.56. The van der Waals surface area contributed by atoms with Crippen molar-refractivity contribution >= 4 is 40.3 Å². The summed E-state index contributed by atoms with van der Waals surface area (Å²) in [5.74, 6) is 1.52. The molecule has 0 aliphatic carbocycles. The lowest BCUT2D eigenvalue weighted by molar-refractivity contribution is -0.129. The minimum Gasteiger partial charge on any atom is -0.339 e. The molecule has 0 unspecified atom stereocenters. The first-order valence-electron chi connectivity index (χ1n) is 7.25. The van der Waals surface area contributed by atoms with E-state index in [9.17, 15) is 4.79 Å². The van der Waals surface area contributed by atoms with Gasteiger partial charge in [0.05, 0.1) is 29.4 Å². The average Bonchev–Trinajstić information content (AvgIpc) is 3.09. The standard InChI is InChI=1S/C15H21N3OS3/c1-5-20-15-17-11(8-22-15)6-13(19)18(4)7-12-9-21-14(16-12)10(2)3/h8-10H,5-7H2,1-4H3. The molecule has 0 radical (unpaired) electrons. The van der Waals surface area contributed by atoms with Crippen LogP contribution in [0, 0.1) is 0 Å². The maximum Gasteiger partial charge on any atom is 0.228 e. The van der Waals surface area contributed by atoms with Crippen LogP contribution < -0.4 is 0 Å². The van der Waals surface area contributed by atoms with Gasteiger partial charge in [-0.15, -0.1) is 22.7 Å². The number of carbonyl (C=O) groups excluding carboxylic acids is 1. The zero-order valence-electron chi connectivity index (χ0n) is 13.3. The minimum absolute atomic E-state index is 0.0810. The number of likely N-dealkylation sites (N-methyl/N-ethyl adjacent to an activating group) is 1. The smallest absolute Gasteiger partial charge is 0.228 e. The molecule has 0 aromatic carbocycles. The molecule has 22 heavy (non-hydrogen) atoms. The fourth-order valence-corrected chi connectivity index (χ4v) is 4.41. The third kappa shape index (κ3) is 4.79. The Morgan fingerprint density at radius 3 is 2.64 bits per heavy atom. The molecule has 120 valence electrons. The maximum absolute atomic E-state index is 12.3. The summed E-state index contributed by atoms with van der Waals surface area (Å²) in [5, 5.41) is 5.14. The van der Waals surface area contributed by atoms with E-state index < -0.39 is 0 Å². The number of rotatable bonds is 7. The zero-order chi connectivity index (χ0) is 16.1. The van der Waals surface area contributed by atoms with Crippen LogP contribution in [0.3, 0.4) is 0 Å². The van der Waals surface area contributed by atoms with E-state index in [1.165, 1.54) is 0 Å². The Balaban J connectivity index is 1.90. The van der Waals surface area contributed by atoms with Crippen LogP contribution >= 0.6 is 34.4 Å². The molecule has 0 N–H and O–H groups in total. The average molecular weight is 356 g/mol. The molecule has 0 bridgehead atoms. The van der Waals surface area contributed by atoms with Gasteiger partial charge in [0.1, 0.15) is 4.34 Å². The molecule has 0 atom stereocenters. The van der Waals surface area contributed by atoms with E-state index in [1.807, 2.05) is 17.8 Å². The van der Waals surface area contributed by atoms with Gasteiger partial charge in [0.25, 0.3) is 0 Å². The fourth-order valence-electron chi connectivity index (χ4n) is 1.84. The number of hydrogen-bond donors (Lipinski definition) is 0. The zero-order valence-corrected chi connectivity index (χ0v) is 15.8. The number of hydrogen-bond acceptors (Lipinski definition) is 6. The molecule has 2 heterocycles. The van der Waals surface area contributed by atoms with Gasteiger partial charge in [-0.25, -0.2) is 9.97 Å². The highest BCUT2D eigenvalue weighted by Crippen LogP contribution is 2.23. The molecule has 0 aliphatic heterocycles. The lowest BCUT2D eigenvalue weighted by Gasteiger charge is -2.15. The third-order valence-corrected chi connectivity index (χ3v) is 6.17. The van der Waals surface area contributed by atoms with Gasteiger partial charge in [0.2, 0.25) is 5.91 Å². The van der Waals surface area contributed by atoms with Gasteiger partial charge in [-0.3, -0.25) is 4.79 Å². The Kier molecular flexibility index (Phi) is 6.40. The first kappa shape index (κ1) is 17.4. The van der Waals surface area contributed by atoms with Gasteiger partial charge in [0, 0.05) is 23.7 Å². The fraction of sp³-hybridized carbons (Fsp3) is 0.533. The highest BCUT2D eigenvalue weighted by atomic mass is 32.2. The summed E-state index contributed by atoms with van der Waals surface area (Å²) in [6, 6.07) is 0. The van der Waals surface area contributed by atoms with Crippen LogP contribution in [-0.2, 0) is 17.8 Å². The second kappa shape index (κ2) is 8.08. The number of thiazole rings is 2. The highest BCUT2D eigenvalue weighted by Gasteiger charge is 2.14. The summed E-state index contributed by atoms with van der Waals surface area (Å²) in [5.41, 5.74) is 1.82. The molecular weight excluding hydrogens is 334 g/mol. The summed E-state index contributed by atoms with van der Waals surface area (Å²) in [4.78, 5) is 23.1. The van der Waals surface area contributed by atoms with Gasteiger partial charge < -0.3 is 4.90 Å². The van der Waals surface area contributed by atoms with Crippen LogP contribution in [0.2, 0.25) is 0 Å². The van der Waals surface area contributed by atoms with Crippen LogP contribution in [0.15, 0.2) is 15.1 Å². The highest BCUT2D eigenvalue weighted by molar-refractivity contribution is 8.00. The molecular formula is C15H21N3OS3. The van der Waals surface area contributed by atoms with Crippen LogP contribution in [0.1, 0.15) is 43.1 Å². The monoisotopic (exact) mass is 355 g/mol. The summed E-state index contributed by atoms with van der Waals surface area (Å²) >= 11 is 4.98. The first-order chi connectivity index (χ1) is 10.5. The van der Waals surface area contributed by atoms with Crippen molar-refractivity contribution < 1.29 is 4.79 Å². The molecule has 0 saturated heterocycles. The largest absolute Gasteiger partial charge is 0.339 e. The van der Waals surface area contributed by atoms with Gasteiger partial charge in [-0.05, 0) is 5.75 Å². The Bertz CT molecular complexity index is 621. The number of aromatic nitrogens is 2. The van der Waals surface area contributed by atoms with Crippen LogP contribution in [-0.4, -0.2) is 33.6 Å². The van der Waals surface area contributed by atoms with Crippen molar-refractivity contribution in [1.82, 2.24) is 14.9 Å². The molecule has 0 aliphatic rings. The topological polar surface area (TPSA) is 46.1 Å². The van der Waals surface area contributed by atoms with E-state index in [-0.39, 0.29) is 5.91 Å². The Morgan fingerprint density at radius 2 is 2.00 bits per heavy atom. The van der Waals surface area contributed by atoms with E-state index in [0.29, 0.717) is 18.9 Å². The molecule has 0 fully saturated rings. The summed E-state index contributed by atoms with van der Waals surface area (Å²) in [6.07, 6.45) is 0.360. The summed E-state index contributed by atoms with van der Waals surface area (Å²) in [6.45, 7) is 6.92. The second-order valence-electron chi connectivity index (χ2n) is 5.30. The number of thioether (sulfide) groups is 1. The van der Waals surface area contributed by atoms with Gasteiger partial charge >= 0.3 is 0 Å². The molecule has 1 amide bonds. The normalized spacial score (nSPS) is 11.1. The van der Waals surface area contributed by atoms with E-state index in [4.69, 9.17) is 0 Å². The Hall–Kier alpha value is -0.920. The number of nitrogens with zero attached hydrogens (tertiary/aromatic N) is 3. The van der Waals surface area contributed by atoms with E-state index in [1.54, 1.807) is 39.3 Å². The van der Waals surface area contributed by atoms with Gasteiger partial charge in [0.15, 0.2) is 0 Å². The van der Waals surface area contributed by atoms with Crippen LogP contribution in [0.5, 0.6) is 0 Å². The number of carbonyl (C=O) groups is 1. The van der Waals surface area contributed by atoms with E-state index >= 15 is 0 Å². The maximum atomic E-state index is 12.3. The molecule has 2 aromatic heterocycles. The quantitative estimate of drug-likeness (QED) is 0.703. The molecule has 0 spiro atoms. The van der Waals surface area contributed by atoms with Crippen molar-refractivity contribution in [2.75, 3.05) is 12.8 Å². The molecule has 4 nitrogen and oxygen atoms in total. The van der Waals surface area contributed by atoms with Crippen molar-refractivity contribution in [3.05, 3.63) is 27.2 Å². The number of amides is 1. The van der Waals surface area contributed by atoms with Gasteiger partial charge in [-0.1, -0.05) is 32.5 Å². The summed E-state index contributed by atoms with van der Waals surface area (Å²) in [7, 11) is 1.82. The van der Waals surface area contributed by atoms with Crippen molar-refractivity contribution in [2.24, 2.45) is 0 Å². The van der Waals surface area contributed by atoms with Crippen LogP contribution in [0.25, 0.3) is 0 Å². The van der Waals surface area contributed by atoms with Gasteiger partial charge in [-0.2, -0.15) is 0 Å². The SMILES string of the molecule is CCSc1nc(CC(=O)N(C)Cc2csc(C(C)C)n2)cs1. The molecule has 0 saturated carbocycles. The lowest BCUT2D eigenvalue weighted by Crippen LogP contribution is -2.28. The predicted octanol–water partition coefficient (Wildman–Crippen LogP) is 4.04. The van der Waals surface area contributed by atoms with Crippen molar-refractivity contribution in [3.63, 3.8) is 0 Å². The predicted molar refractivity (Wildman–Crippen MR) is 94.9 cm³/mol.